The zero-order chi connectivity index (χ0) is 18.0. The zero-order valence-corrected chi connectivity index (χ0v) is 15.2. The van der Waals surface area contributed by atoms with Crippen LogP contribution in [0.25, 0.3) is 0 Å². The van der Waals surface area contributed by atoms with E-state index in [-0.39, 0.29) is 11.3 Å². The van der Waals surface area contributed by atoms with E-state index >= 15 is 0 Å². The summed E-state index contributed by atoms with van der Waals surface area (Å²) >= 11 is 0. The fourth-order valence-electron chi connectivity index (χ4n) is 2.27. The Morgan fingerprint density at radius 1 is 0.917 bits per heavy atom. The first-order valence-corrected chi connectivity index (χ1v) is 10.7. The lowest BCUT2D eigenvalue weighted by Gasteiger charge is -2.04. The third kappa shape index (κ3) is 8.56. The molecule has 0 saturated heterocycles. The number of carbonyl (C=O) groups is 1. The largest absolute Gasteiger partial charge is 0.481 e. The summed E-state index contributed by atoms with van der Waals surface area (Å²) in [6, 6.07) is 5.42. The van der Waals surface area contributed by atoms with Crippen LogP contribution in [-0.2, 0) is 25.7 Å². The molecule has 0 bridgehead atoms. The number of unbranched alkanes of at least 4 members (excludes halogenated alkanes) is 6. The maximum absolute atomic E-state index is 12.1. The third-order valence-electron chi connectivity index (χ3n) is 3.60. The highest BCUT2D eigenvalue weighted by atomic mass is 32.2. The number of rotatable bonds is 12. The minimum absolute atomic E-state index is 0.203. The molecule has 1 rings (SSSR count). The third-order valence-corrected chi connectivity index (χ3v) is 5.93. The molecule has 136 valence electrons. The number of hydrogen-bond donors (Lipinski definition) is 2. The number of hydrogen-bond acceptors (Lipinski definition) is 4. The Bertz CT molecular complexity index is 637. The second-order valence-electron chi connectivity index (χ2n) is 5.61. The molecule has 0 amide bonds. The van der Waals surface area contributed by atoms with Crippen molar-refractivity contribution in [3.05, 3.63) is 24.3 Å². The Kier molecular flexibility index (Phi) is 9.17. The van der Waals surface area contributed by atoms with Crippen LogP contribution in [0, 0.1) is 0 Å². The first kappa shape index (κ1) is 20.8. The lowest BCUT2D eigenvalue weighted by molar-refractivity contribution is -0.137. The minimum Gasteiger partial charge on any atom is -0.481 e. The fourth-order valence-corrected chi connectivity index (χ4v) is 3.90. The molecule has 8 heteroatoms. The smallest absolute Gasteiger partial charge is 0.303 e. The molecule has 6 nitrogen and oxygen atoms in total. The predicted octanol–water partition coefficient (Wildman–Crippen LogP) is 3.25. The SMILES string of the molecule is O=C(O)CCCCCCCCCS(=O)c1ccc(S(=O)(=O)O)cc1. The van der Waals surface area contributed by atoms with Gasteiger partial charge in [-0.25, -0.2) is 0 Å². The van der Waals surface area contributed by atoms with E-state index in [1.54, 1.807) is 0 Å². The van der Waals surface area contributed by atoms with Crippen LogP contribution in [-0.4, -0.2) is 34.0 Å². The molecule has 1 unspecified atom stereocenters. The van der Waals surface area contributed by atoms with Crippen molar-refractivity contribution in [1.82, 2.24) is 0 Å². The first-order valence-electron chi connectivity index (χ1n) is 7.98. The van der Waals surface area contributed by atoms with Gasteiger partial charge in [-0.3, -0.25) is 13.6 Å². The molecule has 0 radical (unpaired) electrons. The Balaban J connectivity index is 2.17. The number of carboxylic acid groups (broad SMARTS) is 1. The predicted molar refractivity (Wildman–Crippen MR) is 92.1 cm³/mol. The zero-order valence-electron chi connectivity index (χ0n) is 13.5. The van der Waals surface area contributed by atoms with E-state index in [4.69, 9.17) is 9.66 Å². The van der Waals surface area contributed by atoms with Crippen LogP contribution in [0.1, 0.15) is 51.4 Å². The Morgan fingerprint density at radius 3 is 1.92 bits per heavy atom. The lowest BCUT2D eigenvalue weighted by Crippen LogP contribution is -2.01. The number of benzene rings is 1. The van der Waals surface area contributed by atoms with E-state index in [2.05, 4.69) is 0 Å². The monoisotopic (exact) mass is 376 g/mol. The van der Waals surface area contributed by atoms with Crippen LogP contribution < -0.4 is 0 Å². The van der Waals surface area contributed by atoms with Gasteiger partial charge >= 0.3 is 5.97 Å². The maximum Gasteiger partial charge on any atom is 0.303 e. The van der Waals surface area contributed by atoms with Crippen LogP contribution in [0.3, 0.4) is 0 Å². The highest BCUT2D eigenvalue weighted by Gasteiger charge is 2.10. The molecule has 1 aromatic carbocycles. The fraction of sp³-hybridized carbons (Fsp3) is 0.562. The van der Waals surface area contributed by atoms with E-state index in [0.717, 1.165) is 44.9 Å². The molecule has 0 aliphatic heterocycles. The summed E-state index contributed by atoms with van der Waals surface area (Å²) < 4.78 is 42.9. The van der Waals surface area contributed by atoms with Crippen molar-refractivity contribution in [1.29, 1.82) is 0 Å². The standard InChI is InChI=1S/C16H24O6S2/c17-16(18)8-6-4-2-1-3-5-7-13-23(19)14-9-11-15(12-10-14)24(20,21)22/h9-12H,1-8,13H2,(H,17,18)(H,20,21,22). The molecule has 0 aliphatic rings. The van der Waals surface area contributed by atoms with Crippen LogP contribution >= 0.6 is 0 Å². The summed E-state index contributed by atoms with van der Waals surface area (Å²) in [6.45, 7) is 0. The van der Waals surface area contributed by atoms with Gasteiger partial charge in [0.1, 0.15) is 0 Å². The van der Waals surface area contributed by atoms with Crippen molar-refractivity contribution in [3.8, 4) is 0 Å². The molecule has 0 fully saturated rings. The van der Waals surface area contributed by atoms with Gasteiger partial charge in [0.25, 0.3) is 10.1 Å². The molecule has 24 heavy (non-hydrogen) atoms. The molecule has 1 atom stereocenters. The average molecular weight is 376 g/mol. The topological polar surface area (TPSA) is 109 Å². The van der Waals surface area contributed by atoms with Gasteiger partial charge in [0, 0.05) is 17.1 Å². The van der Waals surface area contributed by atoms with Crippen molar-refractivity contribution in [2.75, 3.05) is 5.75 Å². The van der Waals surface area contributed by atoms with Gasteiger partial charge < -0.3 is 5.11 Å². The van der Waals surface area contributed by atoms with E-state index < -0.39 is 26.9 Å². The van der Waals surface area contributed by atoms with Gasteiger partial charge in [-0.1, -0.05) is 32.1 Å². The highest BCUT2D eigenvalue weighted by molar-refractivity contribution is 7.86. The maximum atomic E-state index is 12.1. The molecule has 0 aliphatic carbocycles. The van der Waals surface area contributed by atoms with E-state index in [0.29, 0.717) is 10.6 Å². The molecule has 0 saturated carbocycles. The van der Waals surface area contributed by atoms with Crippen LogP contribution in [0.5, 0.6) is 0 Å². The second-order valence-corrected chi connectivity index (χ2v) is 8.61. The van der Waals surface area contributed by atoms with E-state index in [1.165, 1.54) is 24.3 Å². The highest BCUT2D eigenvalue weighted by Crippen LogP contribution is 2.15. The molecule has 0 heterocycles. The van der Waals surface area contributed by atoms with Crippen molar-refractivity contribution < 1.29 is 27.1 Å². The van der Waals surface area contributed by atoms with Gasteiger partial charge in [0.2, 0.25) is 0 Å². The number of carboxylic acids is 1. The van der Waals surface area contributed by atoms with Gasteiger partial charge in [0.15, 0.2) is 0 Å². The summed E-state index contributed by atoms with van der Waals surface area (Å²) in [5, 5.41) is 8.52. The molecular formula is C16H24O6S2. The Labute approximate surface area is 145 Å². The van der Waals surface area contributed by atoms with Gasteiger partial charge in [-0.2, -0.15) is 8.42 Å². The van der Waals surface area contributed by atoms with Crippen molar-refractivity contribution >= 4 is 26.9 Å². The summed E-state index contributed by atoms with van der Waals surface area (Å²) in [4.78, 5) is 10.7. The summed E-state index contributed by atoms with van der Waals surface area (Å²) in [6.07, 6.45) is 6.77. The normalized spacial score (nSPS) is 12.9. The van der Waals surface area contributed by atoms with Gasteiger partial charge in [0.05, 0.1) is 15.7 Å². The van der Waals surface area contributed by atoms with E-state index in [1.807, 2.05) is 0 Å². The minimum atomic E-state index is -4.22. The van der Waals surface area contributed by atoms with Crippen LogP contribution in [0.15, 0.2) is 34.1 Å². The van der Waals surface area contributed by atoms with E-state index in [9.17, 15) is 17.4 Å². The number of aliphatic carboxylic acids is 1. The van der Waals surface area contributed by atoms with Crippen LogP contribution in [0.4, 0.5) is 0 Å². The molecule has 0 spiro atoms. The van der Waals surface area contributed by atoms with Gasteiger partial charge in [-0.15, -0.1) is 0 Å². The van der Waals surface area contributed by atoms with Crippen molar-refractivity contribution in [2.45, 2.75) is 61.2 Å². The van der Waals surface area contributed by atoms with Crippen LogP contribution in [0.2, 0.25) is 0 Å². The second kappa shape index (κ2) is 10.6. The van der Waals surface area contributed by atoms with Gasteiger partial charge in [-0.05, 0) is 37.1 Å². The Morgan fingerprint density at radius 2 is 1.42 bits per heavy atom. The molecule has 2 N–H and O–H groups in total. The first-order chi connectivity index (χ1) is 11.3. The van der Waals surface area contributed by atoms with Crippen molar-refractivity contribution in [3.63, 3.8) is 0 Å². The Hall–Kier alpha value is -1.25. The summed E-state index contributed by atoms with van der Waals surface area (Å²) in [5.41, 5.74) is 0. The molecular weight excluding hydrogens is 352 g/mol. The quantitative estimate of drug-likeness (QED) is 0.428. The summed E-state index contributed by atoms with van der Waals surface area (Å²) in [5.74, 6) is -0.230. The molecule has 0 aromatic heterocycles. The molecule has 1 aromatic rings. The average Bonchev–Trinajstić information content (AvgIpc) is 2.52. The lowest BCUT2D eigenvalue weighted by atomic mass is 10.1. The summed E-state index contributed by atoms with van der Waals surface area (Å²) in [7, 11) is -5.39. The van der Waals surface area contributed by atoms with Crippen molar-refractivity contribution in [2.24, 2.45) is 0 Å².